The van der Waals surface area contributed by atoms with Crippen LogP contribution >= 0.6 is 0 Å². The minimum Gasteiger partial charge on any atom is -0.379 e. The average molecular weight is 226 g/mol. The molecule has 16 heavy (non-hydrogen) atoms. The quantitative estimate of drug-likeness (QED) is 0.668. The number of ether oxygens (including phenoxy) is 2. The Morgan fingerprint density at radius 3 is 3.00 bits per heavy atom. The summed E-state index contributed by atoms with van der Waals surface area (Å²) in [5.41, 5.74) is -0.467. The fourth-order valence-electron chi connectivity index (χ4n) is 1.84. The van der Waals surface area contributed by atoms with E-state index in [1.807, 2.05) is 13.8 Å². The molecule has 0 aromatic carbocycles. The lowest BCUT2D eigenvalue weighted by Crippen LogP contribution is -2.41. The van der Waals surface area contributed by atoms with E-state index in [1.165, 1.54) is 0 Å². The SMILES string of the molecule is CCNC(C)(C#N)CCOCC1CCCO1. The number of hydrogen-bond acceptors (Lipinski definition) is 4. The Hall–Kier alpha value is -0.630. The van der Waals surface area contributed by atoms with E-state index in [1.54, 1.807) is 0 Å². The predicted octanol–water partition coefficient (Wildman–Crippen LogP) is 1.46. The van der Waals surface area contributed by atoms with Gasteiger partial charge in [-0.3, -0.25) is 5.32 Å². The summed E-state index contributed by atoms with van der Waals surface area (Å²) in [5, 5.41) is 12.2. The standard InChI is InChI=1S/C12H22N2O2/c1-3-14-12(2,10-13)6-8-15-9-11-5-4-7-16-11/h11,14H,3-9H2,1-2H3. The van der Waals surface area contributed by atoms with Crippen LogP contribution in [0.4, 0.5) is 0 Å². The van der Waals surface area contributed by atoms with Gasteiger partial charge in [-0.05, 0) is 26.3 Å². The molecule has 0 saturated carbocycles. The molecule has 4 heteroatoms. The van der Waals surface area contributed by atoms with Crippen molar-refractivity contribution in [1.29, 1.82) is 5.26 Å². The summed E-state index contributed by atoms with van der Waals surface area (Å²) in [6.07, 6.45) is 3.22. The van der Waals surface area contributed by atoms with Gasteiger partial charge in [-0.2, -0.15) is 5.26 Å². The highest BCUT2D eigenvalue weighted by Gasteiger charge is 2.22. The van der Waals surface area contributed by atoms with Crippen molar-refractivity contribution in [2.24, 2.45) is 0 Å². The van der Waals surface area contributed by atoms with Crippen molar-refractivity contribution in [1.82, 2.24) is 5.32 Å². The second-order valence-electron chi connectivity index (χ2n) is 4.43. The fourth-order valence-corrected chi connectivity index (χ4v) is 1.84. The molecule has 0 amide bonds. The van der Waals surface area contributed by atoms with Gasteiger partial charge in [-0.15, -0.1) is 0 Å². The average Bonchev–Trinajstić information content (AvgIpc) is 2.78. The Balaban J connectivity index is 2.11. The van der Waals surface area contributed by atoms with E-state index in [2.05, 4.69) is 11.4 Å². The van der Waals surface area contributed by atoms with Gasteiger partial charge in [0.1, 0.15) is 5.54 Å². The molecule has 1 rings (SSSR count). The van der Waals surface area contributed by atoms with Gasteiger partial charge in [0.15, 0.2) is 0 Å². The largest absolute Gasteiger partial charge is 0.379 e. The van der Waals surface area contributed by atoms with Crippen LogP contribution in [0, 0.1) is 11.3 Å². The zero-order chi connectivity index (χ0) is 11.9. The molecule has 0 aromatic rings. The third kappa shape index (κ3) is 4.48. The smallest absolute Gasteiger partial charge is 0.106 e. The van der Waals surface area contributed by atoms with Gasteiger partial charge < -0.3 is 9.47 Å². The van der Waals surface area contributed by atoms with Gasteiger partial charge in [-0.1, -0.05) is 6.92 Å². The lowest BCUT2D eigenvalue weighted by atomic mass is 10.0. The predicted molar refractivity (Wildman–Crippen MR) is 62.1 cm³/mol. The highest BCUT2D eigenvalue weighted by molar-refractivity contribution is 5.03. The number of nitrogens with zero attached hydrogens (tertiary/aromatic N) is 1. The van der Waals surface area contributed by atoms with E-state index >= 15 is 0 Å². The van der Waals surface area contributed by atoms with Crippen LogP contribution in [0.1, 0.15) is 33.1 Å². The first-order chi connectivity index (χ1) is 7.70. The Labute approximate surface area is 97.9 Å². The number of nitriles is 1. The molecule has 4 nitrogen and oxygen atoms in total. The molecule has 1 heterocycles. The van der Waals surface area contributed by atoms with E-state index in [9.17, 15) is 0 Å². The van der Waals surface area contributed by atoms with Crippen LogP contribution in [-0.2, 0) is 9.47 Å². The van der Waals surface area contributed by atoms with Gasteiger partial charge in [-0.25, -0.2) is 0 Å². The Morgan fingerprint density at radius 1 is 1.62 bits per heavy atom. The molecule has 1 fully saturated rings. The minimum absolute atomic E-state index is 0.271. The molecule has 2 unspecified atom stereocenters. The molecular weight excluding hydrogens is 204 g/mol. The van der Waals surface area contributed by atoms with Crippen LogP contribution in [0.15, 0.2) is 0 Å². The Bertz CT molecular complexity index is 234. The zero-order valence-corrected chi connectivity index (χ0v) is 10.3. The Kier molecular flexibility index (Phi) is 5.75. The van der Waals surface area contributed by atoms with E-state index in [0.717, 1.165) is 26.0 Å². The van der Waals surface area contributed by atoms with Crippen LogP contribution in [0.25, 0.3) is 0 Å². The van der Waals surface area contributed by atoms with Gasteiger partial charge in [0.05, 0.1) is 18.8 Å². The summed E-state index contributed by atoms with van der Waals surface area (Å²) in [6.45, 7) is 6.84. The minimum atomic E-state index is -0.467. The number of rotatable bonds is 7. The van der Waals surface area contributed by atoms with Crippen molar-refractivity contribution < 1.29 is 9.47 Å². The highest BCUT2D eigenvalue weighted by Crippen LogP contribution is 2.13. The fraction of sp³-hybridized carbons (Fsp3) is 0.917. The van der Waals surface area contributed by atoms with E-state index in [4.69, 9.17) is 14.7 Å². The van der Waals surface area contributed by atoms with Crippen molar-refractivity contribution in [3.05, 3.63) is 0 Å². The van der Waals surface area contributed by atoms with Crippen molar-refractivity contribution >= 4 is 0 Å². The second kappa shape index (κ2) is 6.85. The maximum Gasteiger partial charge on any atom is 0.106 e. The molecule has 0 spiro atoms. The molecule has 0 aromatic heterocycles. The van der Waals surface area contributed by atoms with E-state index in [-0.39, 0.29) is 6.10 Å². The van der Waals surface area contributed by atoms with Gasteiger partial charge >= 0.3 is 0 Å². The molecule has 92 valence electrons. The molecule has 0 aliphatic carbocycles. The summed E-state index contributed by atoms with van der Waals surface area (Å²) in [5.74, 6) is 0. The molecule has 1 saturated heterocycles. The van der Waals surface area contributed by atoms with Gasteiger partial charge in [0.2, 0.25) is 0 Å². The first-order valence-corrected chi connectivity index (χ1v) is 6.06. The van der Waals surface area contributed by atoms with Crippen molar-refractivity contribution in [2.75, 3.05) is 26.4 Å². The van der Waals surface area contributed by atoms with Crippen molar-refractivity contribution in [3.8, 4) is 6.07 Å². The van der Waals surface area contributed by atoms with Crippen molar-refractivity contribution in [3.63, 3.8) is 0 Å². The second-order valence-corrected chi connectivity index (χ2v) is 4.43. The molecule has 1 N–H and O–H groups in total. The van der Waals surface area contributed by atoms with Crippen molar-refractivity contribution in [2.45, 2.75) is 44.8 Å². The third-order valence-corrected chi connectivity index (χ3v) is 2.89. The van der Waals surface area contributed by atoms with Crippen LogP contribution in [0.3, 0.4) is 0 Å². The maximum absolute atomic E-state index is 9.03. The Morgan fingerprint density at radius 2 is 2.44 bits per heavy atom. The molecule has 1 aliphatic heterocycles. The first-order valence-electron chi connectivity index (χ1n) is 6.06. The molecule has 2 atom stereocenters. The van der Waals surface area contributed by atoms with Crippen LogP contribution < -0.4 is 5.32 Å². The zero-order valence-electron chi connectivity index (χ0n) is 10.3. The van der Waals surface area contributed by atoms with Gasteiger partial charge in [0.25, 0.3) is 0 Å². The highest BCUT2D eigenvalue weighted by atomic mass is 16.5. The molecule has 0 radical (unpaired) electrons. The summed E-state index contributed by atoms with van der Waals surface area (Å²) < 4.78 is 11.0. The summed E-state index contributed by atoms with van der Waals surface area (Å²) >= 11 is 0. The molecule has 0 bridgehead atoms. The molecule has 1 aliphatic rings. The monoisotopic (exact) mass is 226 g/mol. The topological polar surface area (TPSA) is 54.3 Å². The normalized spacial score (nSPS) is 23.9. The maximum atomic E-state index is 9.03. The molecular formula is C12H22N2O2. The summed E-state index contributed by atoms with van der Waals surface area (Å²) in [6, 6.07) is 2.29. The van der Waals surface area contributed by atoms with E-state index < -0.39 is 5.54 Å². The summed E-state index contributed by atoms with van der Waals surface area (Å²) in [7, 11) is 0. The van der Waals surface area contributed by atoms with Crippen LogP contribution in [0.2, 0.25) is 0 Å². The summed E-state index contributed by atoms with van der Waals surface area (Å²) in [4.78, 5) is 0. The lowest BCUT2D eigenvalue weighted by molar-refractivity contribution is 0.0131. The number of nitrogens with one attached hydrogen (secondary N) is 1. The lowest BCUT2D eigenvalue weighted by Gasteiger charge is -2.22. The number of hydrogen-bond donors (Lipinski definition) is 1. The van der Waals surface area contributed by atoms with Gasteiger partial charge in [0, 0.05) is 19.6 Å². The third-order valence-electron chi connectivity index (χ3n) is 2.89. The van der Waals surface area contributed by atoms with Crippen LogP contribution in [-0.4, -0.2) is 38.0 Å². The van der Waals surface area contributed by atoms with Crippen LogP contribution in [0.5, 0.6) is 0 Å². The van der Waals surface area contributed by atoms with E-state index in [0.29, 0.717) is 19.6 Å². The first kappa shape index (κ1) is 13.4.